The summed E-state index contributed by atoms with van der Waals surface area (Å²) in [4.78, 5) is 0. The molecule has 1 atom stereocenters. The second-order valence-corrected chi connectivity index (χ2v) is 3.32. The fourth-order valence-corrected chi connectivity index (χ4v) is 1.50. The van der Waals surface area contributed by atoms with Crippen molar-refractivity contribution in [3.05, 3.63) is 11.8 Å². The summed E-state index contributed by atoms with van der Waals surface area (Å²) in [6, 6.07) is 0. The predicted octanol–water partition coefficient (Wildman–Crippen LogP) is 0.113. The molecule has 0 fully saturated rings. The zero-order valence-corrected chi connectivity index (χ0v) is 5.94. The third-order valence-electron chi connectivity index (χ3n) is 1.12. The Morgan fingerprint density at radius 2 is 2.67 bits per heavy atom. The van der Waals surface area contributed by atoms with Crippen molar-refractivity contribution in [2.45, 2.75) is 0 Å². The lowest BCUT2D eigenvalue weighted by Gasteiger charge is -2.01. The van der Waals surface area contributed by atoms with Crippen molar-refractivity contribution in [3.8, 4) is 12.3 Å². The minimum Gasteiger partial charge on any atom is -0.301 e. The molecule has 3 heteroatoms. The van der Waals surface area contributed by atoms with E-state index in [1.54, 1.807) is 17.6 Å². The van der Waals surface area contributed by atoms with Gasteiger partial charge in [0.25, 0.3) is 0 Å². The lowest BCUT2D eigenvalue weighted by atomic mass is 10.3. The van der Waals surface area contributed by atoms with Crippen molar-refractivity contribution in [1.82, 2.24) is 4.31 Å². The van der Waals surface area contributed by atoms with Crippen LogP contribution in [0.15, 0.2) is 11.8 Å². The van der Waals surface area contributed by atoms with Crippen LogP contribution in [0.4, 0.5) is 0 Å². The largest absolute Gasteiger partial charge is 0.301 e. The van der Waals surface area contributed by atoms with E-state index in [-0.39, 0.29) is 0 Å². The Bertz CT molecular complexity index is 214. The molecule has 0 bridgehead atoms. The Morgan fingerprint density at radius 3 is 2.89 bits per heavy atom. The maximum absolute atomic E-state index is 10.8. The van der Waals surface area contributed by atoms with Crippen LogP contribution in [0.3, 0.4) is 0 Å². The zero-order valence-electron chi connectivity index (χ0n) is 5.13. The Kier molecular flexibility index (Phi) is 1.58. The predicted molar refractivity (Wildman–Crippen MR) is 37.7 cm³/mol. The first-order chi connectivity index (χ1) is 4.24. The molecular weight excluding hydrogens is 134 g/mol. The Labute approximate surface area is 57.1 Å². The highest BCUT2D eigenvalue weighted by Gasteiger charge is 2.13. The monoisotopic (exact) mass is 141 g/mol. The molecule has 0 aromatic carbocycles. The lowest BCUT2D eigenvalue weighted by Crippen LogP contribution is -2.09. The van der Waals surface area contributed by atoms with E-state index in [1.165, 1.54) is 0 Å². The van der Waals surface area contributed by atoms with E-state index in [1.807, 2.05) is 0 Å². The summed E-state index contributed by atoms with van der Waals surface area (Å²) < 4.78 is 12.5. The summed E-state index contributed by atoms with van der Waals surface area (Å²) in [5.41, 5.74) is 0.816. The molecule has 0 aromatic heterocycles. The molecule has 9 heavy (non-hydrogen) atoms. The molecule has 1 rings (SSSR count). The molecule has 1 aliphatic heterocycles. The summed E-state index contributed by atoms with van der Waals surface area (Å²) in [7, 11) is 0.851. The second kappa shape index (κ2) is 2.24. The standard InChI is InChI=1S/C6H7NOS/c1-3-6-4-7(2)9(8)5-6/h1,4H,5H2,2H3. The normalized spacial score (nSPS) is 25.6. The summed E-state index contributed by atoms with van der Waals surface area (Å²) in [6.45, 7) is 0. The minimum atomic E-state index is -0.899. The van der Waals surface area contributed by atoms with Crippen LogP contribution >= 0.6 is 0 Å². The van der Waals surface area contributed by atoms with Crippen molar-refractivity contribution >= 4 is 11.0 Å². The van der Waals surface area contributed by atoms with Gasteiger partial charge in [0, 0.05) is 18.8 Å². The van der Waals surface area contributed by atoms with Crippen LogP contribution in [0, 0.1) is 12.3 Å². The lowest BCUT2D eigenvalue weighted by molar-refractivity contribution is 0.639. The van der Waals surface area contributed by atoms with Crippen molar-refractivity contribution in [1.29, 1.82) is 0 Å². The average molecular weight is 141 g/mol. The highest BCUT2D eigenvalue weighted by molar-refractivity contribution is 7.83. The van der Waals surface area contributed by atoms with Crippen LogP contribution in [-0.2, 0) is 11.0 Å². The van der Waals surface area contributed by atoms with Crippen molar-refractivity contribution in [3.63, 3.8) is 0 Å². The number of hydrogen-bond acceptors (Lipinski definition) is 1. The summed E-state index contributed by atoms with van der Waals surface area (Å²) in [5, 5.41) is 0. The first kappa shape index (κ1) is 6.37. The molecule has 1 unspecified atom stereocenters. The molecule has 0 aromatic rings. The van der Waals surface area contributed by atoms with E-state index in [2.05, 4.69) is 5.92 Å². The molecule has 0 radical (unpaired) electrons. The average Bonchev–Trinajstić information content (AvgIpc) is 2.13. The first-order valence-electron chi connectivity index (χ1n) is 2.52. The highest BCUT2D eigenvalue weighted by Crippen LogP contribution is 2.09. The number of nitrogens with zero attached hydrogens (tertiary/aromatic N) is 1. The fraction of sp³-hybridized carbons (Fsp3) is 0.333. The van der Waals surface area contributed by atoms with E-state index >= 15 is 0 Å². The molecule has 0 N–H and O–H groups in total. The second-order valence-electron chi connectivity index (χ2n) is 1.81. The van der Waals surface area contributed by atoms with Gasteiger partial charge in [0.1, 0.15) is 11.0 Å². The van der Waals surface area contributed by atoms with Gasteiger partial charge in [0.15, 0.2) is 0 Å². The number of rotatable bonds is 0. The van der Waals surface area contributed by atoms with Gasteiger partial charge in [-0.3, -0.25) is 0 Å². The van der Waals surface area contributed by atoms with Crippen LogP contribution in [0.2, 0.25) is 0 Å². The van der Waals surface area contributed by atoms with Gasteiger partial charge >= 0.3 is 0 Å². The van der Waals surface area contributed by atoms with Gasteiger partial charge < -0.3 is 4.31 Å². The van der Waals surface area contributed by atoms with Gasteiger partial charge in [0.05, 0.1) is 5.75 Å². The minimum absolute atomic E-state index is 0.507. The smallest absolute Gasteiger partial charge is 0.124 e. The maximum Gasteiger partial charge on any atom is 0.124 e. The van der Waals surface area contributed by atoms with Crippen molar-refractivity contribution in [2.75, 3.05) is 12.8 Å². The highest BCUT2D eigenvalue weighted by atomic mass is 32.2. The third-order valence-corrected chi connectivity index (χ3v) is 2.43. The molecule has 0 aliphatic carbocycles. The van der Waals surface area contributed by atoms with Gasteiger partial charge in [-0.25, -0.2) is 4.21 Å². The Morgan fingerprint density at radius 1 is 2.00 bits per heavy atom. The van der Waals surface area contributed by atoms with E-state index in [0.717, 1.165) is 5.57 Å². The SMILES string of the molecule is C#CC1=CN(C)S(=O)C1. The van der Waals surface area contributed by atoms with E-state index in [4.69, 9.17) is 6.42 Å². The number of terminal acetylenes is 1. The molecule has 0 saturated heterocycles. The van der Waals surface area contributed by atoms with Crippen molar-refractivity contribution in [2.24, 2.45) is 0 Å². The number of hydrogen-bond donors (Lipinski definition) is 0. The summed E-state index contributed by atoms with van der Waals surface area (Å²) >= 11 is 0. The third kappa shape index (κ3) is 1.14. The van der Waals surface area contributed by atoms with Gasteiger partial charge in [0.2, 0.25) is 0 Å². The molecule has 1 aliphatic rings. The molecule has 2 nitrogen and oxygen atoms in total. The van der Waals surface area contributed by atoms with E-state index < -0.39 is 11.0 Å². The van der Waals surface area contributed by atoms with Gasteiger partial charge in [-0.05, 0) is 0 Å². The van der Waals surface area contributed by atoms with Gasteiger partial charge in [-0.1, -0.05) is 5.92 Å². The molecular formula is C6H7NOS. The molecule has 48 valence electrons. The van der Waals surface area contributed by atoms with Crippen LogP contribution in [0.5, 0.6) is 0 Å². The Balaban J connectivity index is 2.77. The van der Waals surface area contributed by atoms with Gasteiger partial charge in [-0.15, -0.1) is 6.42 Å². The van der Waals surface area contributed by atoms with Crippen LogP contribution in [-0.4, -0.2) is 21.3 Å². The first-order valence-corrected chi connectivity index (χ1v) is 3.80. The van der Waals surface area contributed by atoms with Crippen LogP contribution in [0.1, 0.15) is 0 Å². The summed E-state index contributed by atoms with van der Waals surface area (Å²) in [5.74, 6) is 2.96. The molecule has 1 heterocycles. The molecule has 0 amide bonds. The van der Waals surface area contributed by atoms with Gasteiger partial charge in [-0.2, -0.15) is 0 Å². The van der Waals surface area contributed by atoms with Crippen LogP contribution < -0.4 is 0 Å². The molecule has 0 spiro atoms. The zero-order chi connectivity index (χ0) is 6.85. The maximum atomic E-state index is 10.8. The topological polar surface area (TPSA) is 20.3 Å². The van der Waals surface area contributed by atoms with E-state index in [0.29, 0.717) is 5.75 Å². The fourth-order valence-electron chi connectivity index (χ4n) is 0.629. The quantitative estimate of drug-likeness (QED) is 0.438. The van der Waals surface area contributed by atoms with E-state index in [9.17, 15) is 4.21 Å². The van der Waals surface area contributed by atoms with Crippen molar-refractivity contribution < 1.29 is 4.21 Å². The molecule has 0 saturated carbocycles. The Hall–Kier alpha value is -0.750. The summed E-state index contributed by atoms with van der Waals surface area (Å²) in [6.07, 6.45) is 6.81. The van der Waals surface area contributed by atoms with Crippen LogP contribution in [0.25, 0.3) is 0 Å².